The summed E-state index contributed by atoms with van der Waals surface area (Å²) in [6.45, 7) is 7.71. The Balaban J connectivity index is 1.60. The molecule has 16 nitrogen and oxygen atoms in total. The highest BCUT2D eigenvalue weighted by atomic mass is 16.5. The maximum atomic E-state index is 12.7. The summed E-state index contributed by atoms with van der Waals surface area (Å²) in [4.78, 5) is 76.6. The third kappa shape index (κ3) is 18.9. The molecule has 2 rings (SSSR count). The molecule has 274 valence electrons. The molecule has 48 heavy (non-hydrogen) atoms. The normalized spacial score (nSPS) is 16.8. The van der Waals surface area contributed by atoms with Gasteiger partial charge in [0.25, 0.3) is 0 Å². The van der Waals surface area contributed by atoms with Crippen molar-refractivity contribution in [2.75, 3.05) is 92.1 Å². The van der Waals surface area contributed by atoms with E-state index < -0.39 is 48.6 Å². The average Bonchev–Trinajstić information content (AvgIpc) is 3.06. The Morgan fingerprint density at radius 1 is 0.542 bits per heavy atom. The van der Waals surface area contributed by atoms with Crippen molar-refractivity contribution >= 4 is 35.8 Å². The Morgan fingerprint density at radius 3 is 1.46 bits per heavy atom. The molecule has 2 saturated heterocycles. The van der Waals surface area contributed by atoms with Crippen LogP contribution in [0.5, 0.6) is 0 Å². The number of carbonyl (C=O) groups is 6. The minimum absolute atomic E-state index is 0.0211. The molecule has 2 aliphatic heterocycles. The standard InChI is InChI=1S/C32H52N2O14/c35-27(36)23-26(32(42)48-16-6-2-4-8-29(38)47-22-14-34-11-19-44-20-12-34)25(31(40)41)24-30(39)45-15-5-1-3-7-28(37)46-21-13-33-9-17-43-18-10-33/h25-26H,1-24H2,(H,35,36)(H,40,41). The number of rotatable bonds is 25. The summed E-state index contributed by atoms with van der Waals surface area (Å²) in [6.07, 6.45) is 1.80. The van der Waals surface area contributed by atoms with Gasteiger partial charge in [0.1, 0.15) is 13.2 Å². The third-order valence-electron chi connectivity index (χ3n) is 7.99. The monoisotopic (exact) mass is 688 g/mol. The van der Waals surface area contributed by atoms with Gasteiger partial charge in [-0.05, 0) is 38.5 Å². The molecule has 2 heterocycles. The van der Waals surface area contributed by atoms with Crippen LogP contribution in [0.1, 0.15) is 64.2 Å². The minimum atomic E-state index is -1.65. The molecule has 16 heteroatoms. The second kappa shape index (κ2) is 24.7. The highest BCUT2D eigenvalue weighted by Gasteiger charge is 2.38. The lowest BCUT2D eigenvalue weighted by Crippen LogP contribution is -2.38. The molecule has 0 spiro atoms. The van der Waals surface area contributed by atoms with Crippen LogP contribution in [0.2, 0.25) is 0 Å². The first-order chi connectivity index (χ1) is 23.2. The van der Waals surface area contributed by atoms with E-state index in [-0.39, 0.29) is 38.0 Å². The Labute approximate surface area is 281 Å². The lowest BCUT2D eigenvalue weighted by atomic mass is 9.87. The largest absolute Gasteiger partial charge is 0.481 e. The van der Waals surface area contributed by atoms with Gasteiger partial charge in [-0.1, -0.05) is 0 Å². The summed E-state index contributed by atoms with van der Waals surface area (Å²) in [5.74, 6) is -8.73. The van der Waals surface area contributed by atoms with Crippen LogP contribution in [-0.2, 0) is 57.2 Å². The number of unbranched alkanes of at least 4 members (excludes halogenated alkanes) is 4. The molecule has 0 aliphatic carbocycles. The number of carboxylic acids is 2. The molecule has 2 unspecified atom stereocenters. The van der Waals surface area contributed by atoms with E-state index in [2.05, 4.69) is 9.80 Å². The first-order valence-corrected chi connectivity index (χ1v) is 16.8. The van der Waals surface area contributed by atoms with Crippen molar-refractivity contribution in [3.8, 4) is 0 Å². The highest BCUT2D eigenvalue weighted by molar-refractivity contribution is 5.87. The Hall–Kier alpha value is -3.34. The van der Waals surface area contributed by atoms with Crippen LogP contribution in [0.25, 0.3) is 0 Å². The number of nitrogens with zero attached hydrogens (tertiary/aromatic N) is 2. The zero-order valence-electron chi connectivity index (χ0n) is 27.8. The number of esters is 4. The number of aliphatic carboxylic acids is 2. The Bertz CT molecular complexity index is 997. The molecule has 0 aromatic carbocycles. The van der Waals surface area contributed by atoms with Crippen molar-refractivity contribution < 1.29 is 67.4 Å². The lowest BCUT2D eigenvalue weighted by Gasteiger charge is -2.26. The Morgan fingerprint density at radius 2 is 1.00 bits per heavy atom. The van der Waals surface area contributed by atoms with Crippen molar-refractivity contribution in [2.24, 2.45) is 11.8 Å². The van der Waals surface area contributed by atoms with E-state index in [1.54, 1.807) is 0 Å². The second-order valence-corrected chi connectivity index (χ2v) is 11.7. The number of ether oxygens (including phenoxy) is 6. The first kappa shape index (κ1) is 40.8. The Kier molecular flexibility index (Phi) is 21.1. The van der Waals surface area contributed by atoms with Crippen molar-refractivity contribution in [2.45, 2.75) is 64.2 Å². The lowest BCUT2D eigenvalue weighted by molar-refractivity contribution is -0.164. The van der Waals surface area contributed by atoms with Gasteiger partial charge >= 0.3 is 35.8 Å². The summed E-state index contributed by atoms with van der Waals surface area (Å²) in [6, 6.07) is 0. The van der Waals surface area contributed by atoms with Crippen molar-refractivity contribution in [3.63, 3.8) is 0 Å². The van der Waals surface area contributed by atoms with E-state index in [0.717, 1.165) is 26.2 Å². The fourth-order valence-electron chi connectivity index (χ4n) is 5.15. The minimum Gasteiger partial charge on any atom is -0.481 e. The van der Waals surface area contributed by atoms with Gasteiger partial charge in [0.2, 0.25) is 0 Å². The molecule has 0 saturated carbocycles. The smallest absolute Gasteiger partial charge is 0.310 e. The fraction of sp³-hybridized carbons (Fsp3) is 0.812. The molecule has 0 radical (unpaired) electrons. The predicted octanol–water partition coefficient (Wildman–Crippen LogP) is 1.13. The fourth-order valence-corrected chi connectivity index (χ4v) is 5.15. The van der Waals surface area contributed by atoms with Gasteiger partial charge in [0, 0.05) is 52.1 Å². The van der Waals surface area contributed by atoms with Gasteiger partial charge in [-0.15, -0.1) is 0 Å². The van der Waals surface area contributed by atoms with Gasteiger partial charge in [0.05, 0.1) is 64.3 Å². The second-order valence-electron chi connectivity index (χ2n) is 11.7. The maximum Gasteiger partial charge on any atom is 0.310 e. The van der Waals surface area contributed by atoms with Gasteiger partial charge < -0.3 is 38.6 Å². The summed E-state index contributed by atoms with van der Waals surface area (Å²) >= 11 is 0. The van der Waals surface area contributed by atoms with Crippen LogP contribution >= 0.6 is 0 Å². The van der Waals surface area contributed by atoms with E-state index in [1.807, 2.05) is 0 Å². The van der Waals surface area contributed by atoms with Crippen LogP contribution in [0.4, 0.5) is 0 Å². The third-order valence-corrected chi connectivity index (χ3v) is 7.99. The van der Waals surface area contributed by atoms with Crippen LogP contribution in [0.3, 0.4) is 0 Å². The topological polar surface area (TPSA) is 205 Å². The van der Waals surface area contributed by atoms with Gasteiger partial charge in [0.15, 0.2) is 0 Å². The van der Waals surface area contributed by atoms with E-state index in [4.69, 9.17) is 28.4 Å². The van der Waals surface area contributed by atoms with Crippen molar-refractivity contribution in [1.29, 1.82) is 0 Å². The number of morpholine rings is 2. The van der Waals surface area contributed by atoms with E-state index in [9.17, 15) is 39.0 Å². The number of hydrogen-bond acceptors (Lipinski definition) is 14. The molecule has 0 aromatic rings. The van der Waals surface area contributed by atoms with Crippen molar-refractivity contribution in [3.05, 3.63) is 0 Å². The number of carbonyl (C=O) groups excluding carboxylic acids is 4. The molecule has 2 N–H and O–H groups in total. The maximum absolute atomic E-state index is 12.7. The van der Waals surface area contributed by atoms with Gasteiger partial charge in [-0.25, -0.2) is 0 Å². The SMILES string of the molecule is O=C(O)CC(C(=O)OCCCCCC(=O)OCCN1CCOCC1)C(CC(=O)OCCCCCC(=O)OCCN1CCOCC1)C(=O)O. The zero-order valence-corrected chi connectivity index (χ0v) is 27.8. The van der Waals surface area contributed by atoms with E-state index >= 15 is 0 Å². The van der Waals surface area contributed by atoms with Crippen molar-refractivity contribution in [1.82, 2.24) is 9.80 Å². The molecule has 0 aromatic heterocycles. The molecule has 2 fully saturated rings. The zero-order chi connectivity index (χ0) is 35.0. The average molecular weight is 689 g/mol. The van der Waals surface area contributed by atoms with E-state index in [1.165, 1.54) is 0 Å². The molecular formula is C32H52N2O14. The summed E-state index contributed by atoms with van der Waals surface area (Å²) in [5, 5.41) is 19.0. The summed E-state index contributed by atoms with van der Waals surface area (Å²) in [5.41, 5.74) is 0. The molecule has 0 amide bonds. The van der Waals surface area contributed by atoms with Crippen LogP contribution < -0.4 is 0 Å². The number of carboxylic acid groups (broad SMARTS) is 2. The van der Waals surface area contributed by atoms with Crippen LogP contribution in [-0.4, -0.2) is 148 Å². The summed E-state index contributed by atoms with van der Waals surface area (Å²) < 4.78 is 31.3. The predicted molar refractivity (Wildman–Crippen MR) is 167 cm³/mol. The molecular weight excluding hydrogens is 636 g/mol. The van der Waals surface area contributed by atoms with E-state index in [0.29, 0.717) is 91.3 Å². The molecule has 2 atom stereocenters. The summed E-state index contributed by atoms with van der Waals surface area (Å²) in [7, 11) is 0. The van der Waals surface area contributed by atoms with Crippen LogP contribution in [0.15, 0.2) is 0 Å². The highest BCUT2D eigenvalue weighted by Crippen LogP contribution is 2.23. The van der Waals surface area contributed by atoms with Crippen LogP contribution in [0, 0.1) is 11.8 Å². The quantitative estimate of drug-likeness (QED) is 0.0783. The molecule has 0 bridgehead atoms. The first-order valence-electron chi connectivity index (χ1n) is 16.8. The van der Waals surface area contributed by atoms with Gasteiger partial charge in [-0.2, -0.15) is 0 Å². The molecule has 2 aliphatic rings. The number of hydrogen-bond donors (Lipinski definition) is 2. The van der Waals surface area contributed by atoms with Gasteiger partial charge in [-0.3, -0.25) is 38.6 Å².